The third-order valence-corrected chi connectivity index (χ3v) is 15.9. The number of amides is 1. The Morgan fingerprint density at radius 1 is 0.452 bits per heavy atom. The van der Waals surface area contributed by atoms with Gasteiger partial charge in [0.1, 0.15) is 13.2 Å². The topological polar surface area (TPSA) is 105 Å². The number of quaternary nitrogens is 1. The molecule has 3 atom stereocenters. The second-order valence-corrected chi connectivity index (χ2v) is 24.9. The van der Waals surface area contributed by atoms with Crippen LogP contribution >= 0.6 is 7.82 Å². The molecule has 0 saturated carbocycles. The van der Waals surface area contributed by atoms with Gasteiger partial charge in [0.05, 0.1) is 39.9 Å². The van der Waals surface area contributed by atoms with E-state index >= 15 is 0 Å². The zero-order valence-electron chi connectivity index (χ0n) is 49.7. The van der Waals surface area contributed by atoms with E-state index in [-0.39, 0.29) is 19.1 Å². The molecule has 1 amide bonds. The number of carbonyl (C=O) groups excluding carboxylic acids is 1. The molecule has 0 fully saturated rings. The first-order valence-electron chi connectivity index (χ1n) is 32.2. The zero-order valence-corrected chi connectivity index (χ0v) is 50.5. The van der Waals surface area contributed by atoms with E-state index < -0.39 is 20.0 Å². The molecule has 0 aromatic heterocycles. The first kappa shape index (κ1) is 72.0. The first-order chi connectivity index (χ1) is 35.5. The second kappa shape index (κ2) is 55.7. The molecule has 0 radical (unpaired) electrons. The number of allylic oxidation sites excluding steroid dienone is 3. The Morgan fingerprint density at radius 3 is 1.05 bits per heavy atom. The van der Waals surface area contributed by atoms with Gasteiger partial charge >= 0.3 is 7.82 Å². The van der Waals surface area contributed by atoms with Gasteiger partial charge in [0.25, 0.3) is 0 Å². The molecule has 434 valence electrons. The lowest BCUT2D eigenvalue weighted by Crippen LogP contribution is -2.45. The maximum atomic E-state index is 13.0. The Balaban J connectivity index is 4.01. The summed E-state index contributed by atoms with van der Waals surface area (Å²) in [6.07, 6.45) is 71.6. The molecule has 0 aromatic rings. The van der Waals surface area contributed by atoms with Crippen molar-refractivity contribution in [2.24, 2.45) is 0 Å². The summed E-state index contributed by atoms with van der Waals surface area (Å²) in [4.78, 5) is 23.3. The number of nitrogens with zero attached hydrogens (tertiary/aromatic N) is 1. The first-order valence-corrected chi connectivity index (χ1v) is 33.7. The SMILES string of the molecule is CCCCCCCCCC/C=C\CCCCCCCCCCCCCCCCCCCCCCCC(=O)NC(COP(=O)(O)OCC[N+](C)(C)C)C(O)/C=C/CCCCCCCCCCCCCCCCCC. The van der Waals surface area contributed by atoms with Gasteiger partial charge in [-0.25, -0.2) is 4.57 Å². The van der Waals surface area contributed by atoms with E-state index in [4.69, 9.17) is 9.05 Å². The van der Waals surface area contributed by atoms with Crippen molar-refractivity contribution < 1.29 is 32.9 Å². The smallest absolute Gasteiger partial charge is 0.387 e. The lowest BCUT2D eigenvalue weighted by Gasteiger charge is -2.25. The van der Waals surface area contributed by atoms with Crippen LogP contribution in [0.1, 0.15) is 328 Å². The molecule has 0 heterocycles. The number of likely N-dealkylation sites (N-methyl/N-ethyl adjacent to an activating group) is 1. The van der Waals surface area contributed by atoms with Crippen molar-refractivity contribution in [2.75, 3.05) is 40.9 Å². The minimum absolute atomic E-state index is 0.0643. The maximum absolute atomic E-state index is 13.0. The van der Waals surface area contributed by atoms with E-state index in [9.17, 15) is 19.4 Å². The van der Waals surface area contributed by atoms with Gasteiger partial charge in [-0.3, -0.25) is 13.8 Å². The highest BCUT2D eigenvalue weighted by atomic mass is 31.2. The Hall–Kier alpha value is -1.02. The van der Waals surface area contributed by atoms with Crippen LogP contribution in [0.15, 0.2) is 24.3 Å². The third-order valence-electron chi connectivity index (χ3n) is 14.9. The van der Waals surface area contributed by atoms with Gasteiger partial charge in [-0.15, -0.1) is 0 Å². The lowest BCUT2D eigenvalue weighted by molar-refractivity contribution is -0.870. The summed E-state index contributed by atoms with van der Waals surface area (Å²) in [5.74, 6) is -0.170. The Kier molecular flexibility index (Phi) is 54.9. The molecule has 9 heteroatoms. The summed E-state index contributed by atoms with van der Waals surface area (Å²) in [6.45, 7) is 4.86. The van der Waals surface area contributed by atoms with Gasteiger partial charge in [-0.2, -0.15) is 0 Å². The number of rotatable bonds is 60. The molecular weight excluding hydrogens is 924 g/mol. The Bertz CT molecular complexity index is 1240. The molecule has 0 aliphatic rings. The van der Waals surface area contributed by atoms with Crippen LogP contribution in [0.25, 0.3) is 0 Å². The normalized spacial score (nSPS) is 13.9. The molecule has 0 bridgehead atoms. The van der Waals surface area contributed by atoms with E-state index in [1.807, 2.05) is 27.2 Å². The van der Waals surface area contributed by atoms with Crippen molar-refractivity contribution in [1.82, 2.24) is 5.32 Å². The van der Waals surface area contributed by atoms with Crippen molar-refractivity contribution in [3.8, 4) is 0 Å². The van der Waals surface area contributed by atoms with E-state index in [2.05, 4.69) is 31.3 Å². The third kappa shape index (κ3) is 58.5. The average molecular weight is 1050 g/mol. The van der Waals surface area contributed by atoms with Crippen molar-refractivity contribution in [3.63, 3.8) is 0 Å². The zero-order chi connectivity index (χ0) is 53.5. The molecular formula is C64H128N2O6P+. The van der Waals surface area contributed by atoms with Gasteiger partial charge in [-0.05, 0) is 44.9 Å². The number of unbranched alkanes of at least 4 members (excludes halogenated alkanes) is 45. The summed E-state index contributed by atoms with van der Waals surface area (Å²) in [7, 11) is 1.59. The van der Waals surface area contributed by atoms with Crippen LogP contribution < -0.4 is 5.32 Å². The van der Waals surface area contributed by atoms with Gasteiger partial charge in [0, 0.05) is 6.42 Å². The number of phosphoric acid groups is 1. The number of nitrogens with one attached hydrogen (secondary N) is 1. The minimum Gasteiger partial charge on any atom is -0.387 e. The highest BCUT2D eigenvalue weighted by molar-refractivity contribution is 7.47. The number of hydrogen-bond acceptors (Lipinski definition) is 5. The predicted molar refractivity (Wildman–Crippen MR) is 318 cm³/mol. The summed E-state index contributed by atoms with van der Waals surface area (Å²) < 4.78 is 23.8. The number of carbonyl (C=O) groups is 1. The highest BCUT2D eigenvalue weighted by Crippen LogP contribution is 2.43. The fraction of sp³-hybridized carbons (Fsp3) is 0.922. The molecule has 3 unspecified atom stereocenters. The molecule has 0 aliphatic heterocycles. The van der Waals surface area contributed by atoms with Crippen molar-refractivity contribution in [1.29, 1.82) is 0 Å². The van der Waals surface area contributed by atoms with Crippen molar-refractivity contribution in [2.45, 2.75) is 341 Å². The molecule has 0 aromatic carbocycles. The van der Waals surface area contributed by atoms with Gasteiger partial charge in [0.2, 0.25) is 5.91 Å². The van der Waals surface area contributed by atoms with E-state index in [1.165, 1.54) is 276 Å². The van der Waals surface area contributed by atoms with Crippen LogP contribution in [0, 0.1) is 0 Å². The molecule has 0 saturated heterocycles. The number of aliphatic hydroxyl groups excluding tert-OH is 1. The van der Waals surface area contributed by atoms with Gasteiger partial charge in [0.15, 0.2) is 0 Å². The number of phosphoric ester groups is 1. The van der Waals surface area contributed by atoms with Gasteiger partial charge < -0.3 is 19.8 Å². The lowest BCUT2D eigenvalue weighted by atomic mass is 10.0. The summed E-state index contributed by atoms with van der Waals surface area (Å²) in [5, 5.41) is 14.0. The number of hydrogen-bond donors (Lipinski definition) is 3. The van der Waals surface area contributed by atoms with E-state index in [1.54, 1.807) is 6.08 Å². The van der Waals surface area contributed by atoms with Gasteiger partial charge in [-0.1, -0.05) is 301 Å². The molecule has 73 heavy (non-hydrogen) atoms. The Labute approximate surface area is 455 Å². The monoisotopic (exact) mass is 1050 g/mol. The van der Waals surface area contributed by atoms with E-state index in [0.717, 1.165) is 32.1 Å². The summed E-state index contributed by atoms with van der Waals surface area (Å²) in [5.41, 5.74) is 0. The molecule has 0 aliphatic carbocycles. The number of aliphatic hydroxyl groups is 1. The standard InChI is InChI=1S/C64H127N2O6P/c1-6-8-10-12-14-16-18-20-22-24-26-27-28-29-30-31-32-33-34-35-36-37-38-39-40-42-44-46-48-50-52-54-56-58-64(68)65-62(61-72-73(69,70)71-60-59-66(3,4)5)63(67)57-55-53-51-49-47-45-43-41-25-23-21-19-17-15-13-11-9-7-2/h24,26,55,57,62-63,67H,6-23,25,27-54,56,58-61H2,1-5H3,(H-,65,68,69,70)/p+1/b26-24-,57-55+. The minimum atomic E-state index is -4.35. The summed E-state index contributed by atoms with van der Waals surface area (Å²) in [6, 6.07) is -0.844. The average Bonchev–Trinajstić information content (AvgIpc) is 3.35. The second-order valence-electron chi connectivity index (χ2n) is 23.5. The fourth-order valence-corrected chi connectivity index (χ4v) is 10.6. The fourth-order valence-electron chi connectivity index (χ4n) is 9.86. The Morgan fingerprint density at radius 2 is 0.740 bits per heavy atom. The van der Waals surface area contributed by atoms with Crippen LogP contribution in [-0.2, 0) is 18.4 Å². The highest BCUT2D eigenvalue weighted by Gasteiger charge is 2.28. The van der Waals surface area contributed by atoms with Crippen LogP contribution in [-0.4, -0.2) is 73.4 Å². The van der Waals surface area contributed by atoms with Crippen molar-refractivity contribution >= 4 is 13.7 Å². The molecule has 8 nitrogen and oxygen atoms in total. The van der Waals surface area contributed by atoms with Crippen LogP contribution in [0.3, 0.4) is 0 Å². The van der Waals surface area contributed by atoms with Crippen LogP contribution in [0.4, 0.5) is 0 Å². The largest absolute Gasteiger partial charge is 0.472 e. The molecule has 0 rings (SSSR count). The van der Waals surface area contributed by atoms with E-state index in [0.29, 0.717) is 17.4 Å². The van der Waals surface area contributed by atoms with Crippen LogP contribution in [0.5, 0.6) is 0 Å². The van der Waals surface area contributed by atoms with Crippen LogP contribution in [0.2, 0.25) is 0 Å². The predicted octanol–water partition coefficient (Wildman–Crippen LogP) is 19.9. The molecule has 0 spiro atoms. The quantitative estimate of drug-likeness (QED) is 0.0243. The molecule has 3 N–H and O–H groups in total. The summed E-state index contributed by atoms with van der Waals surface area (Å²) >= 11 is 0. The van der Waals surface area contributed by atoms with Crippen molar-refractivity contribution in [3.05, 3.63) is 24.3 Å². The maximum Gasteiger partial charge on any atom is 0.472 e.